The Morgan fingerprint density at radius 2 is 1.08 bits per heavy atom. The molecule has 6 nitrogen and oxygen atoms in total. The van der Waals surface area contributed by atoms with Crippen molar-refractivity contribution in [1.29, 1.82) is 0 Å². The molecule has 0 aromatic heterocycles. The molecule has 0 radical (unpaired) electrons. The summed E-state index contributed by atoms with van der Waals surface area (Å²) in [4.78, 5) is 28.6. The summed E-state index contributed by atoms with van der Waals surface area (Å²) < 4.78 is 0. The molecule has 2 N–H and O–H groups in total. The van der Waals surface area contributed by atoms with Crippen LogP contribution in [0, 0.1) is 11.8 Å². The molecule has 24 heavy (non-hydrogen) atoms. The number of rotatable bonds is 10. The van der Waals surface area contributed by atoms with Crippen molar-refractivity contribution >= 4 is 11.8 Å². The average Bonchev–Trinajstić information content (AvgIpc) is 2.55. The van der Waals surface area contributed by atoms with Crippen molar-refractivity contribution in [2.75, 3.05) is 54.4 Å². The lowest BCUT2D eigenvalue weighted by atomic mass is 9.81. The van der Waals surface area contributed by atoms with Crippen LogP contribution < -0.4 is 10.6 Å². The third-order valence-corrected chi connectivity index (χ3v) is 4.63. The van der Waals surface area contributed by atoms with Gasteiger partial charge in [-0.05, 0) is 79.8 Å². The first-order valence-corrected chi connectivity index (χ1v) is 9.25. The topological polar surface area (TPSA) is 64.7 Å². The molecule has 6 heteroatoms. The van der Waals surface area contributed by atoms with E-state index >= 15 is 0 Å². The third kappa shape index (κ3) is 8.64. The molecule has 1 rings (SSSR count). The highest BCUT2D eigenvalue weighted by atomic mass is 16.2. The lowest BCUT2D eigenvalue weighted by Crippen LogP contribution is -2.38. The quantitative estimate of drug-likeness (QED) is 0.581. The van der Waals surface area contributed by atoms with E-state index in [1.807, 2.05) is 28.2 Å². The second-order valence-corrected chi connectivity index (χ2v) is 7.44. The molecule has 1 aliphatic rings. The second-order valence-electron chi connectivity index (χ2n) is 7.44. The Kier molecular flexibility index (Phi) is 9.95. The van der Waals surface area contributed by atoms with Crippen LogP contribution in [0.3, 0.4) is 0 Å². The molecule has 0 saturated heterocycles. The Bertz CT molecular complexity index is 341. The molecule has 0 unspecified atom stereocenters. The molecular formula is C18H36N4O2. The number of nitrogens with zero attached hydrogens (tertiary/aromatic N) is 2. The van der Waals surface area contributed by atoms with Gasteiger partial charge in [0, 0.05) is 24.9 Å². The summed E-state index contributed by atoms with van der Waals surface area (Å²) in [6.07, 6.45) is 5.27. The number of amides is 2. The lowest BCUT2D eigenvalue weighted by Gasteiger charge is -2.27. The molecule has 1 fully saturated rings. The normalized spacial score (nSPS) is 21.1. The summed E-state index contributed by atoms with van der Waals surface area (Å²) in [6.45, 7) is 3.45. The van der Waals surface area contributed by atoms with Crippen LogP contribution in [0.25, 0.3) is 0 Å². The molecule has 0 atom stereocenters. The predicted octanol–water partition coefficient (Wildman–Crippen LogP) is 0.929. The van der Waals surface area contributed by atoms with Gasteiger partial charge in [-0.1, -0.05) is 0 Å². The molecule has 140 valence electrons. The minimum Gasteiger partial charge on any atom is -0.356 e. The summed E-state index contributed by atoms with van der Waals surface area (Å²) in [5, 5.41) is 6.07. The fourth-order valence-corrected chi connectivity index (χ4v) is 3.12. The van der Waals surface area contributed by atoms with E-state index in [0.29, 0.717) is 0 Å². The minimum atomic E-state index is 0.0853. The SMILES string of the molecule is CN(C)CCCNC(=O)C1CCC(C(=O)NCCCN(C)C)CC1. The maximum atomic E-state index is 12.2. The van der Waals surface area contributed by atoms with Gasteiger partial charge in [0.25, 0.3) is 0 Å². The van der Waals surface area contributed by atoms with Gasteiger partial charge < -0.3 is 20.4 Å². The maximum absolute atomic E-state index is 12.2. The molecule has 0 aromatic rings. The Balaban J connectivity index is 2.16. The number of hydrogen-bond donors (Lipinski definition) is 2. The van der Waals surface area contributed by atoms with Gasteiger partial charge in [0.2, 0.25) is 11.8 Å². The highest BCUT2D eigenvalue weighted by Gasteiger charge is 2.29. The van der Waals surface area contributed by atoms with E-state index in [1.54, 1.807) is 0 Å². The Morgan fingerprint density at radius 1 is 0.750 bits per heavy atom. The highest BCUT2D eigenvalue weighted by molar-refractivity contribution is 5.81. The molecular weight excluding hydrogens is 304 g/mol. The van der Waals surface area contributed by atoms with Crippen LogP contribution in [0.15, 0.2) is 0 Å². The smallest absolute Gasteiger partial charge is 0.223 e. The minimum absolute atomic E-state index is 0.0853. The summed E-state index contributed by atoms with van der Waals surface area (Å²) in [5.74, 6) is 0.501. The van der Waals surface area contributed by atoms with Gasteiger partial charge >= 0.3 is 0 Å². The molecule has 0 aromatic carbocycles. The largest absolute Gasteiger partial charge is 0.356 e. The zero-order valence-corrected chi connectivity index (χ0v) is 15.9. The van der Waals surface area contributed by atoms with Gasteiger partial charge in [0.05, 0.1) is 0 Å². The van der Waals surface area contributed by atoms with Crippen LogP contribution in [0.1, 0.15) is 38.5 Å². The van der Waals surface area contributed by atoms with Crippen LogP contribution in [0.2, 0.25) is 0 Å². The second kappa shape index (κ2) is 11.4. The van der Waals surface area contributed by atoms with Gasteiger partial charge in [-0.25, -0.2) is 0 Å². The maximum Gasteiger partial charge on any atom is 0.223 e. The molecule has 0 spiro atoms. The molecule has 2 amide bonds. The fourth-order valence-electron chi connectivity index (χ4n) is 3.12. The van der Waals surface area contributed by atoms with Crippen molar-refractivity contribution in [1.82, 2.24) is 20.4 Å². The molecule has 0 heterocycles. The van der Waals surface area contributed by atoms with E-state index in [-0.39, 0.29) is 23.7 Å². The summed E-state index contributed by atoms with van der Waals surface area (Å²) in [7, 11) is 8.15. The first-order chi connectivity index (χ1) is 11.4. The van der Waals surface area contributed by atoms with Crippen molar-refractivity contribution in [3.8, 4) is 0 Å². The van der Waals surface area contributed by atoms with E-state index in [9.17, 15) is 9.59 Å². The van der Waals surface area contributed by atoms with E-state index in [4.69, 9.17) is 0 Å². The average molecular weight is 341 g/mol. The van der Waals surface area contributed by atoms with Crippen LogP contribution in [0.5, 0.6) is 0 Å². The van der Waals surface area contributed by atoms with E-state index in [1.165, 1.54) is 0 Å². The van der Waals surface area contributed by atoms with Gasteiger partial charge in [-0.15, -0.1) is 0 Å². The zero-order valence-electron chi connectivity index (χ0n) is 15.9. The van der Waals surface area contributed by atoms with Gasteiger partial charge in [-0.2, -0.15) is 0 Å². The Morgan fingerprint density at radius 3 is 1.38 bits per heavy atom. The van der Waals surface area contributed by atoms with Crippen molar-refractivity contribution in [3.63, 3.8) is 0 Å². The third-order valence-electron chi connectivity index (χ3n) is 4.63. The standard InChI is InChI=1S/C18H36N4O2/c1-21(2)13-5-11-19-17(23)15-7-9-16(10-8-15)18(24)20-12-6-14-22(3)4/h15-16H,5-14H2,1-4H3,(H,19,23)(H,20,24). The monoisotopic (exact) mass is 340 g/mol. The van der Waals surface area contributed by atoms with Gasteiger partial charge in [0.15, 0.2) is 0 Å². The summed E-state index contributed by atoms with van der Waals surface area (Å²) in [6, 6.07) is 0. The number of nitrogens with one attached hydrogen (secondary N) is 2. The first kappa shape index (κ1) is 20.9. The molecule has 1 saturated carbocycles. The van der Waals surface area contributed by atoms with Crippen molar-refractivity contribution < 1.29 is 9.59 Å². The van der Waals surface area contributed by atoms with Gasteiger partial charge in [0.1, 0.15) is 0 Å². The van der Waals surface area contributed by atoms with Crippen molar-refractivity contribution in [2.45, 2.75) is 38.5 Å². The first-order valence-electron chi connectivity index (χ1n) is 9.25. The molecule has 1 aliphatic carbocycles. The van der Waals surface area contributed by atoms with E-state index in [0.717, 1.165) is 64.7 Å². The highest BCUT2D eigenvalue weighted by Crippen LogP contribution is 2.29. The Labute approximate surface area is 147 Å². The van der Waals surface area contributed by atoms with Crippen LogP contribution in [-0.4, -0.2) is 76.0 Å². The lowest BCUT2D eigenvalue weighted by molar-refractivity contribution is -0.130. The van der Waals surface area contributed by atoms with E-state index < -0.39 is 0 Å². The Hall–Kier alpha value is -1.14. The van der Waals surface area contributed by atoms with Crippen molar-refractivity contribution in [2.24, 2.45) is 11.8 Å². The number of carbonyl (C=O) groups is 2. The summed E-state index contributed by atoms with van der Waals surface area (Å²) in [5.41, 5.74) is 0. The molecule has 0 aliphatic heterocycles. The van der Waals surface area contributed by atoms with Crippen molar-refractivity contribution in [3.05, 3.63) is 0 Å². The van der Waals surface area contributed by atoms with Crippen LogP contribution in [0.4, 0.5) is 0 Å². The fraction of sp³-hybridized carbons (Fsp3) is 0.889. The van der Waals surface area contributed by atoms with Gasteiger partial charge in [-0.3, -0.25) is 9.59 Å². The van der Waals surface area contributed by atoms with Crippen LogP contribution >= 0.6 is 0 Å². The molecule has 0 bridgehead atoms. The zero-order chi connectivity index (χ0) is 17.9. The predicted molar refractivity (Wildman–Crippen MR) is 97.8 cm³/mol. The number of carbonyl (C=O) groups excluding carboxylic acids is 2. The number of hydrogen-bond acceptors (Lipinski definition) is 4. The summed E-state index contributed by atoms with van der Waals surface area (Å²) >= 11 is 0. The van der Waals surface area contributed by atoms with E-state index in [2.05, 4.69) is 20.4 Å². The van der Waals surface area contributed by atoms with Crippen LogP contribution in [-0.2, 0) is 9.59 Å².